The number of aryl methyl sites for hydroxylation is 2. The van der Waals surface area contributed by atoms with Crippen LogP contribution in [0.3, 0.4) is 0 Å². The average Bonchev–Trinajstić information content (AvgIpc) is 3.62. The van der Waals surface area contributed by atoms with Crippen molar-refractivity contribution in [3.63, 3.8) is 0 Å². The molecule has 2 aromatic carbocycles. The number of carbonyl (C=O) groups is 1. The van der Waals surface area contributed by atoms with Crippen LogP contribution in [0.5, 0.6) is 0 Å². The minimum atomic E-state index is -3.29. The van der Waals surface area contributed by atoms with E-state index in [0.717, 1.165) is 63.1 Å². The Morgan fingerprint density at radius 1 is 0.702 bits per heavy atom. The summed E-state index contributed by atoms with van der Waals surface area (Å²) in [5.74, 6) is 2.38. The second-order valence-corrected chi connectivity index (χ2v) is 19.7. The van der Waals surface area contributed by atoms with Gasteiger partial charge in [0.25, 0.3) is 0 Å². The molecule has 15 heteroatoms. The molecule has 2 aromatic heterocycles. The number of amides is 1. The van der Waals surface area contributed by atoms with Gasteiger partial charge in [-0.2, -0.15) is 0 Å². The van der Waals surface area contributed by atoms with E-state index >= 15 is 0 Å². The molecule has 4 aliphatic rings. The third kappa shape index (κ3) is 10.5. The predicted molar refractivity (Wildman–Crippen MR) is 228 cm³/mol. The van der Waals surface area contributed by atoms with Gasteiger partial charge in [-0.3, -0.25) is 24.2 Å². The zero-order valence-electron chi connectivity index (χ0n) is 34.1. The molecule has 2 aliphatic heterocycles. The number of fused-ring (bicyclic) bond motifs is 2. The number of hydrogen-bond acceptors (Lipinski definition) is 8. The molecule has 2 saturated heterocycles. The van der Waals surface area contributed by atoms with Crippen LogP contribution >= 0.6 is 0 Å². The van der Waals surface area contributed by atoms with E-state index in [9.17, 15) is 21.6 Å². The topological polar surface area (TPSA) is 142 Å². The van der Waals surface area contributed by atoms with Gasteiger partial charge in [0, 0.05) is 78.6 Å². The number of anilines is 2. The number of nitrogens with one attached hydrogen (secondary N) is 2. The van der Waals surface area contributed by atoms with Crippen molar-refractivity contribution in [1.82, 2.24) is 19.8 Å². The number of aromatic nitrogens is 2. The standard InChI is InChI=1S/C21H25N3O3S.C21H27N3O2S.Al.Li.4H/c1-21(15-6-5-8-17(12-15)23-28(2,26)27)18-13-24(14-19(18)21)20(25)10-9-16-7-3-4-11-22-16;1-21(16-7-5-9-18(13-16)23-27(2,25)26)19-14-24(15-20(19)21)12-6-10-17-8-3-4-11-22-17;;;;;;/h3-8,11-12,18-19,23H,9-10,13-14H2,1-2H3;3-5,7-9,11,13,19-20,23H,6,10,12,14-15H2,1-2H3;;;;;;/q;;;+1;;;;-1. The van der Waals surface area contributed by atoms with E-state index in [0.29, 0.717) is 47.9 Å². The quantitative estimate of drug-likeness (QED) is 0.192. The Morgan fingerprint density at radius 2 is 1.16 bits per heavy atom. The summed E-state index contributed by atoms with van der Waals surface area (Å²) in [4.78, 5) is 25.8. The Hall–Kier alpha value is -3.20. The third-order valence-electron chi connectivity index (χ3n) is 12.5. The zero-order chi connectivity index (χ0) is 39.0. The van der Waals surface area contributed by atoms with Crippen molar-refractivity contribution in [2.24, 2.45) is 23.7 Å². The maximum atomic E-state index is 12.6. The summed E-state index contributed by atoms with van der Waals surface area (Å²) in [7, 11) is -6.54. The number of benzene rings is 2. The fourth-order valence-electron chi connectivity index (χ4n) is 9.32. The van der Waals surface area contributed by atoms with Gasteiger partial charge in [0.05, 0.1) is 12.5 Å². The van der Waals surface area contributed by atoms with E-state index in [-0.39, 0.29) is 54.4 Å². The Bertz CT molecular complexity index is 2220. The minimum Gasteiger partial charge on any atom is -1.00 e. The molecule has 57 heavy (non-hydrogen) atoms. The first-order valence-corrected chi connectivity index (χ1v) is 22.9. The van der Waals surface area contributed by atoms with Crippen LogP contribution in [0, 0.1) is 23.7 Å². The largest absolute Gasteiger partial charge is 1.00 e. The molecule has 4 unspecified atom stereocenters. The minimum absolute atomic E-state index is 0. The molecule has 4 fully saturated rings. The smallest absolute Gasteiger partial charge is 1.00 e. The summed E-state index contributed by atoms with van der Waals surface area (Å²) in [6.45, 7) is 9.47. The van der Waals surface area contributed by atoms with Gasteiger partial charge >= 0.3 is 18.9 Å². The maximum absolute atomic E-state index is 12.6. The number of pyridine rings is 2. The molecule has 2 N–H and O–H groups in total. The first-order chi connectivity index (χ1) is 26.1. The molecule has 1 amide bonds. The van der Waals surface area contributed by atoms with Crippen molar-refractivity contribution in [3.8, 4) is 0 Å². The molecule has 300 valence electrons. The van der Waals surface area contributed by atoms with Gasteiger partial charge in [-0.25, -0.2) is 16.8 Å². The number of carbonyl (C=O) groups excluding carboxylic acids is 1. The van der Waals surface area contributed by atoms with Crippen LogP contribution < -0.4 is 28.3 Å². The van der Waals surface area contributed by atoms with Gasteiger partial charge in [-0.05, 0) is 109 Å². The second kappa shape index (κ2) is 18.0. The molecule has 0 bridgehead atoms. The van der Waals surface area contributed by atoms with E-state index < -0.39 is 20.0 Å². The molecular formula is C42H56AlLiN6O5S2. The van der Waals surface area contributed by atoms with E-state index in [2.05, 4.69) is 56.4 Å². The molecule has 2 aliphatic carbocycles. The summed E-state index contributed by atoms with van der Waals surface area (Å²) < 4.78 is 51.1. The first kappa shape index (κ1) is 44.9. The van der Waals surface area contributed by atoms with Crippen LogP contribution in [-0.2, 0) is 48.5 Å². The van der Waals surface area contributed by atoms with Gasteiger partial charge in [0.2, 0.25) is 26.0 Å². The van der Waals surface area contributed by atoms with Gasteiger partial charge in [0.1, 0.15) is 0 Å². The van der Waals surface area contributed by atoms with Crippen molar-refractivity contribution in [1.29, 1.82) is 0 Å². The fourth-order valence-corrected chi connectivity index (χ4v) is 10.4. The summed E-state index contributed by atoms with van der Waals surface area (Å²) in [5.41, 5.74) is 5.93. The Kier molecular flexibility index (Phi) is 14.2. The van der Waals surface area contributed by atoms with Crippen LogP contribution in [0.2, 0.25) is 0 Å². The van der Waals surface area contributed by atoms with E-state index in [1.807, 2.05) is 71.8 Å². The summed E-state index contributed by atoms with van der Waals surface area (Å²) in [5, 5.41) is 0. The Labute approximate surface area is 362 Å². The van der Waals surface area contributed by atoms with Crippen LogP contribution in [0.1, 0.15) is 50.6 Å². The number of nitrogens with zero attached hydrogens (tertiary/aromatic N) is 4. The molecule has 4 atom stereocenters. The van der Waals surface area contributed by atoms with Gasteiger partial charge in [-0.15, -0.1) is 0 Å². The molecule has 4 aromatic rings. The van der Waals surface area contributed by atoms with Crippen molar-refractivity contribution in [3.05, 3.63) is 120 Å². The number of likely N-dealkylation sites (tertiary alicyclic amines) is 2. The first-order valence-electron chi connectivity index (χ1n) is 19.1. The van der Waals surface area contributed by atoms with Crippen molar-refractivity contribution >= 4 is 54.7 Å². The SMILES string of the molecule is CC1(c2cccc(NS(C)(=O)=O)c2)C2CN(C(=O)CCc3ccccn3)CC21.CC1(c2cccc(NS(C)(=O)=O)c2)C2CN(CCCc3ccccn3)CC21.[AlH3].[H-].[Li+]. The van der Waals surface area contributed by atoms with Gasteiger partial charge < -0.3 is 11.2 Å². The number of hydrogen-bond donors (Lipinski definition) is 2. The number of piperidine rings is 2. The van der Waals surface area contributed by atoms with Crippen molar-refractivity contribution in [2.45, 2.75) is 50.4 Å². The normalized spacial score (nSPS) is 25.7. The van der Waals surface area contributed by atoms with Crippen LogP contribution in [0.25, 0.3) is 0 Å². The Morgan fingerprint density at radius 3 is 1.60 bits per heavy atom. The van der Waals surface area contributed by atoms with Gasteiger partial charge in [-0.1, -0.05) is 50.2 Å². The number of sulfonamides is 2. The van der Waals surface area contributed by atoms with Gasteiger partial charge in [0.15, 0.2) is 17.4 Å². The summed E-state index contributed by atoms with van der Waals surface area (Å²) >= 11 is 0. The summed E-state index contributed by atoms with van der Waals surface area (Å²) in [6.07, 6.45) is 9.28. The monoisotopic (exact) mass is 822 g/mol. The van der Waals surface area contributed by atoms with Crippen molar-refractivity contribution in [2.75, 3.05) is 54.7 Å². The second-order valence-electron chi connectivity index (χ2n) is 16.2. The zero-order valence-corrected chi connectivity index (χ0v) is 34.7. The fraction of sp³-hybridized carbons (Fsp3) is 0.452. The molecule has 8 rings (SSSR count). The van der Waals surface area contributed by atoms with Crippen LogP contribution in [0.15, 0.2) is 97.3 Å². The van der Waals surface area contributed by atoms with Crippen molar-refractivity contribution < 1.29 is 41.9 Å². The molecule has 0 spiro atoms. The predicted octanol–water partition coefficient (Wildman–Crippen LogP) is 1.27. The molecule has 4 heterocycles. The number of rotatable bonds is 13. The van der Waals surface area contributed by atoms with E-state index in [4.69, 9.17) is 0 Å². The third-order valence-corrected chi connectivity index (χ3v) is 13.7. The summed E-state index contributed by atoms with van der Waals surface area (Å²) in [6, 6.07) is 27.4. The van der Waals surface area contributed by atoms with E-state index in [1.54, 1.807) is 12.3 Å². The van der Waals surface area contributed by atoms with Crippen LogP contribution in [-0.4, -0.2) is 105 Å². The molecule has 11 nitrogen and oxygen atoms in total. The molecular weight excluding hydrogens is 767 g/mol. The molecule has 0 radical (unpaired) electrons. The maximum Gasteiger partial charge on any atom is 1.00 e. The Balaban J connectivity index is 0.000000244. The molecule has 2 saturated carbocycles. The van der Waals surface area contributed by atoms with E-state index in [1.165, 1.54) is 17.5 Å². The van der Waals surface area contributed by atoms with Crippen LogP contribution in [0.4, 0.5) is 11.4 Å². The average molecular weight is 823 g/mol.